The Bertz CT molecular complexity index is 590. The molecule has 1 unspecified atom stereocenters. The molecular weight excluding hydrogens is 358 g/mol. The number of benzene rings is 1. The molecule has 1 N–H and O–H groups in total. The molecule has 0 heterocycles. The highest BCUT2D eigenvalue weighted by Gasteiger charge is 2.25. The van der Waals surface area contributed by atoms with Gasteiger partial charge in [-0.2, -0.15) is 0 Å². The van der Waals surface area contributed by atoms with Gasteiger partial charge in [-0.05, 0) is 34.1 Å². The van der Waals surface area contributed by atoms with Crippen LogP contribution >= 0.6 is 27.5 Å². The second-order valence-corrected chi connectivity index (χ2v) is 7.41. The van der Waals surface area contributed by atoms with Crippen molar-refractivity contribution in [2.75, 3.05) is 13.6 Å². The summed E-state index contributed by atoms with van der Waals surface area (Å²) >= 11 is 9.03. The van der Waals surface area contributed by atoms with E-state index in [2.05, 4.69) is 15.9 Å². The van der Waals surface area contributed by atoms with Crippen molar-refractivity contribution in [3.05, 3.63) is 27.7 Å². The fraction of sp³-hybridized carbons (Fsp3) is 0.364. The van der Waals surface area contributed by atoms with Gasteiger partial charge in [-0.3, -0.25) is 4.79 Å². The standard InChI is InChI=1S/C11H13BrClNO4S/c1-7(11(15)16)6-14(2)19(17,18)8-3-4-9(12)10(13)5-8/h3-5,7H,6H2,1-2H3,(H,15,16). The van der Waals surface area contributed by atoms with E-state index in [1.54, 1.807) is 0 Å². The molecule has 0 spiro atoms. The molecule has 0 saturated carbocycles. The van der Waals surface area contributed by atoms with E-state index in [4.69, 9.17) is 16.7 Å². The maximum Gasteiger partial charge on any atom is 0.307 e. The van der Waals surface area contributed by atoms with Gasteiger partial charge >= 0.3 is 5.97 Å². The van der Waals surface area contributed by atoms with Crippen LogP contribution in [-0.4, -0.2) is 37.4 Å². The summed E-state index contributed by atoms with van der Waals surface area (Å²) in [5.41, 5.74) is 0. The van der Waals surface area contributed by atoms with Crippen LogP contribution in [0.4, 0.5) is 0 Å². The van der Waals surface area contributed by atoms with Crippen LogP contribution in [0.3, 0.4) is 0 Å². The van der Waals surface area contributed by atoms with E-state index in [0.717, 1.165) is 4.31 Å². The van der Waals surface area contributed by atoms with Crippen molar-refractivity contribution in [3.8, 4) is 0 Å². The summed E-state index contributed by atoms with van der Waals surface area (Å²) in [5.74, 6) is -1.83. The van der Waals surface area contributed by atoms with Crippen molar-refractivity contribution in [3.63, 3.8) is 0 Å². The number of carboxylic acids is 1. The SMILES string of the molecule is CC(CN(C)S(=O)(=O)c1ccc(Br)c(Cl)c1)C(=O)O. The van der Waals surface area contributed by atoms with Gasteiger partial charge in [0, 0.05) is 18.1 Å². The Morgan fingerprint density at radius 3 is 2.58 bits per heavy atom. The second-order valence-electron chi connectivity index (χ2n) is 4.10. The van der Waals surface area contributed by atoms with Gasteiger partial charge in [0.2, 0.25) is 10.0 Å². The minimum Gasteiger partial charge on any atom is -0.481 e. The van der Waals surface area contributed by atoms with E-state index in [-0.39, 0.29) is 16.5 Å². The number of rotatable bonds is 5. The van der Waals surface area contributed by atoms with Crippen molar-refractivity contribution in [1.29, 1.82) is 0 Å². The maximum absolute atomic E-state index is 12.2. The lowest BCUT2D eigenvalue weighted by atomic mass is 10.2. The highest BCUT2D eigenvalue weighted by atomic mass is 79.9. The van der Waals surface area contributed by atoms with Gasteiger partial charge in [0.1, 0.15) is 0 Å². The largest absolute Gasteiger partial charge is 0.481 e. The Kier molecular flexibility index (Phi) is 5.37. The zero-order valence-corrected chi connectivity index (χ0v) is 13.5. The summed E-state index contributed by atoms with van der Waals surface area (Å²) in [6.07, 6.45) is 0. The molecule has 0 amide bonds. The Hall–Kier alpha value is -0.630. The average molecular weight is 371 g/mol. The van der Waals surface area contributed by atoms with Crippen molar-refractivity contribution in [2.45, 2.75) is 11.8 Å². The number of nitrogens with zero attached hydrogens (tertiary/aromatic N) is 1. The van der Waals surface area contributed by atoms with Gasteiger partial charge in [0.25, 0.3) is 0 Å². The number of hydrogen-bond acceptors (Lipinski definition) is 3. The molecule has 1 aromatic rings. The van der Waals surface area contributed by atoms with Crippen LogP contribution in [0.5, 0.6) is 0 Å². The molecule has 0 bridgehead atoms. The molecule has 0 aliphatic rings. The first kappa shape index (κ1) is 16.4. The molecule has 106 valence electrons. The second kappa shape index (κ2) is 6.21. The number of hydrogen-bond donors (Lipinski definition) is 1. The summed E-state index contributed by atoms with van der Waals surface area (Å²) in [5, 5.41) is 9.08. The third-order valence-corrected chi connectivity index (χ3v) is 5.60. The first-order valence-electron chi connectivity index (χ1n) is 5.30. The van der Waals surface area contributed by atoms with E-state index in [0.29, 0.717) is 4.47 Å². The highest BCUT2D eigenvalue weighted by molar-refractivity contribution is 9.10. The molecular formula is C11H13BrClNO4S. The van der Waals surface area contributed by atoms with E-state index >= 15 is 0 Å². The molecule has 1 aromatic carbocycles. The third-order valence-electron chi connectivity index (χ3n) is 2.55. The molecule has 0 fully saturated rings. The van der Waals surface area contributed by atoms with Crippen LogP contribution in [0.1, 0.15) is 6.92 Å². The first-order valence-corrected chi connectivity index (χ1v) is 7.91. The lowest BCUT2D eigenvalue weighted by Crippen LogP contribution is -2.33. The molecule has 19 heavy (non-hydrogen) atoms. The molecule has 0 aliphatic heterocycles. The topological polar surface area (TPSA) is 74.7 Å². The van der Waals surface area contributed by atoms with Gasteiger partial charge in [-0.25, -0.2) is 12.7 Å². The Labute approximate surface area is 125 Å². The lowest BCUT2D eigenvalue weighted by Gasteiger charge is -2.19. The molecule has 8 heteroatoms. The van der Waals surface area contributed by atoms with E-state index in [1.807, 2.05) is 0 Å². The average Bonchev–Trinajstić information content (AvgIpc) is 2.32. The van der Waals surface area contributed by atoms with Crippen LogP contribution in [0.25, 0.3) is 0 Å². The molecule has 0 aliphatic carbocycles. The van der Waals surface area contributed by atoms with Crippen LogP contribution in [0, 0.1) is 5.92 Å². The van der Waals surface area contributed by atoms with E-state index in [1.165, 1.54) is 32.2 Å². The quantitative estimate of drug-likeness (QED) is 0.864. The van der Waals surface area contributed by atoms with Crippen LogP contribution in [0.2, 0.25) is 5.02 Å². The Morgan fingerprint density at radius 2 is 2.11 bits per heavy atom. The molecule has 0 saturated heterocycles. The Balaban J connectivity index is 3.03. The van der Waals surface area contributed by atoms with Gasteiger partial charge in [0.15, 0.2) is 0 Å². The van der Waals surface area contributed by atoms with Crippen molar-refractivity contribution < 1.29 is 18.3 Å². The Morgan fingerprint density at radius 1 is 1.53 bits per heavy atom. The van der Waals surface area contributed by atoms with E-state index in [9.17, 15) is 13.2 Å². The van der Waals surface area contributed by atoms with Gasteiger partial charge in [-0.15, -0.1) is 0 Å². The lowest BCUT2D eigenvalue weighted by molar-refractivity contribution is -0.141. The minimum atomic E-state index is -3.74. The third kappa shape index (κ3) is 3.92. The van der Waals surface area contributed by atoms with Crippen LogP contribution < -0.4 is 0 Å². The summed E-state index contributed by atoms with van der Waals surface area (Å²) in [6.45, 7) is 1.34. The number of aliphatic carboxylic acids is 1. The van der Waals surface area contributed by atoms with Crippen molar-refractivity contribution in [2.24, 2.45) is 5.92 Å². The fourth-order valence-corrected chi connectivity index (χ4v) is 3.16. The summed E-state index contributed by atoms with van der Waals surface area (Å²) in [4.78, 5) is 10.8. The van der Waals surface area contributed by atoms with Gasteiger partial charge < -0.3 is 5.11 Å². The first-order chi connectivity index (χ1) is 8.66. The predicted octanol–water partition coefficient (Wildman–Crippen LogP) is 2.44. The zero-order chi connectivity index (χ0) is 14.8. The smallest absolute Gasteiger partial charge is 0.307 e. The molecule has 0 aromatic heterocycles. The number of sulfonamides is 1. The minimum absolute atomic E-state index is 0.0285. The predicted molar refractivity (Wildman–Crippen MR) is 75.8 cm³/mol. The highest BCUT2D eigenvalue weighted by Crippen LogP contribution is 2.26. The zero-order valence-electron chi connectivity index (χ0n) is 10.3. The fourth-order valence-electron chi connectivity index (χ4n) is 1.38. The van der Waals surface area contributed by atoms with Gasteiger partial charge in [0.05, 0.1) is 15.8 Å². The number of halogens is 2. The van der Waals surface area contributed by atoms with Gasteiger partial charge in [-0.1, -0.05) is 18.5 Å². The van der Waals surface area contributed by atoms with Crippen molar-refractivity contribution >= 4 is 43.5 Å². The molecule has 5 nitrogen and oxygen atoms in total. The number of carboxylic acid groups (broad SMARTS) is 1. The van der Waals surface area contributed by atoms with Crippen LogP contribution in [-0.2, 0) is 14.8 Å². The normalized spacial score (nSPS) is 13.5. The van der Waals surface area contributed by atoms with Crippen molar-refractivity contribution in [1.82, 2.24) is 4.31 Å². The molecule has 0 radical (unpaired) electrons. The summed E-state index contributed by atoms with van der Waals surface area (Å²) < 4.78 is 26.0. The molecule has 1 atom stereocenters. The van der Waals surface area contributed by atoms with Crippen LogP contribution in [0.15, 0.2) is 27.6 Å². The molecule has 1 rings (SSSR count). The summed E-state index contributed by atoms with van der Waals surface area (Å²) in [6, 6.07) is 4.26. The monoisotopic (exact) mass is 369 g/mol. The van der Waals surface area contributed by atoms with E-state index < -0.39 is 21.9 Å². The summed E-state index contributed by atoms with van der Waals surface area (Å²) in [7, 11) is -2.40. The number of carbonyl (C=O) groups is 1. The maximum atomic E-state index is 12.2.